The molecule has 0 aliphatic rings. The van der Waals surface area contributed by atoms with Gasteiger partial charge in [-0.25, -0.2) is 0 Å². The Morgan fingerprint density at radius 2 is 2.11 bits per heavy atom. The molecule has 6 heteroatoms. The molecule has 1 aromatic rings. The van der Waals surface area contributed by atoms with E-state index in [4.69, 9.17) is 10.8 Å². The van der Waals surface area contributed by atoms with Gasteiger partial charge in [0.2, 0.25) is 0 Å². The topological polar surface area (TPSA) is 98.8 Å². The smallest absolute Gasteiger partial charge is 0.253 e. The minimum atomic E-state index is -1.34. The number of nitrogens with two attached hydrogens (primary N) is 1. The second-order valence-corrected chi connectivity index (χ2v) is 5.01. The molecular weight excluding hydrogens is 246 g/mol. The summed E-state index contributed by atoms with van der Waals surface area (Å²) >= 11 is 0. The van der Waals surface area contributed by atoms with Crippen molar-refractivity contribution in [1.29, 1.82) is 0 Å². The van der Waals surface area contributed by atoms with Gasteiger partial charge in [-0.3, -0.25) is 4.79 Å². The third-order valence-electron chi connectivity index (χ3n) is 2.72. The van der Waals surface area contributed by atoms with Crippen LogP contribution < -0.4 is 16.0 Å². The number of carbonyl (C=O) groups is 1. The summed E-state index contributed by atoms with van der Waals surface area (Å²) in [5.41, 5.74) is 6.00. The molecule has 19 heavy (non-hydrogen) atoms. The van der Waals surface area contributed by atoms with Crippen LogP contribution in [0.25, 0.3) is 0 Å². The van der Waals surface area contributed by atoms with E-state index in [2.05, 4.69) is 5.32 Å². The molecule has 106 valence electrons. The largest absolute Gasteiger partial charge is 0.399 e. The predicted octanol–water partition coefficient (Wildman–Crippen LogP) is -0.192. The third-order valence-corrected chi connectivity index (χ3v) is 2.72. The maximum absolute atomic E-state index is 12.1. The number of aliphatic hydroxyl groups excluding tert-OH is 1. The predicted molar refractivity (Wildman–Crippen MR) is 75.2 cm³/mol. The quantitative estimate of drug-likeness (QED) is 0.554. The molecule has 0 radical (unpaired) electrons. The van der Waals surface area contributed by atoms with E-state index in [-0.39, 0.29) is 12.5 Å². The summed E-state index contributed by atoms with van der Waals surface area (Å²) in [4.78, 5) is 13.9. The average molecular weight is 267 g/mol. The van der Waals surface area contributed by atoms with Crippen molar-refractivity contribution in [3.8, 4) is 0 Å². The highest BCUT2D eigenvalue weighted by molar-refractivity contribution is 6.00. The highest BCUT2D eigenvalue weighted by atomic mass is 16.3. The van der Waals surface area contributed by atoms with Crippen LogP contribution >= 0.6 is 0 Å². The van der Waals surface area contributed by atoms with Crippen molar-refractivity contribution >= 4 is 17.3 Å². The van der Waals surface area contributed by atoms with Gasteiger partial charge in [0.1, 0.15) is 5.60 Å². The molecule has 0 fully saturated rings. The lowest BCUT2D eigenvalue weighted by Crippen LogP contribution is -2.43. The van der Waals surface area contributed by atoms with E-state index in [1.165, 1.54) is 6.92 Å². The number of benzene rings is 1. The number of carbonyl (C=O) groups excluding carboxylic acids is 1. The van der Waals surface area contributed by atoms with Crippen molar-refractivity contribution in [2.45, 2.75) is 12.5 Å². The molecule has 1 rings (SSSR count). The number of anilines is 2. The molecule has 6 nitrogen and oxygen atoms in total. The molecule has 0 aliphatic heterocycles. The summed E-state index contributed by atoms with van der Waals surface area (Å²) in [7, 11) is 3.65. The van der Waals surface area contributed by atoms with Gasteiger partial charge >= 0.3 is 0 Å². The zero-order chi connectivity index (χ0) is 14.6. The van der Waals surface area contributed by atoms with Crippen molar-refractivity contribution in [3.05, 3.63) is 23.8 Å². The molecule has 1 aromatic carbocycles. The molecule has 0 heterocycles. The molecule has 0 aliphatic carbocycles. The van der Waals surface area contributed by atoms with Crippen molar-refractivity contribution < 1.29 is 15.0 Å². The normalized spacial score (nSPS) is 13.7. The van der Waals surface area contributed by atoms with Crippen LogP contribution in [0.4, 0.5) is 11.4 Å². The highest BCUT2D eigenvalue weighted by Crippen LogP contribution is 2.21. The van der Waals surface area contributed by atoms with Gasteiger partial charge in [-0.15, -0.1) is 0 Å². The van der Waals surface area contributed by atoms with Crippen LogP contribution in [0.5, 0.6) is 0 Å². The minimum absolute atomic E-state index is 0.0377. The second kappa shape index (κ2) is 5.90. The Bertz CT molecular complexity index is 458. The van der Waals surface area contributed by atoms with Crippen molar-refractivity contribution in [2.75, 3.05) is 37.9 Å². The van der Waals surface area contributed by atoms with Crippen molar-refractivity contribution in [3.63, 3.8) is 0 Å². The number of nitrogens with one attached hydrogen (secondary N) is 1. The summed E-state index contributed by atoms with van der Waals surface area (Å²) in [6.07, 6.45) is 0. The fraction of sp³-hybridized carbons (Fsp3) is 0.462. The zero-order valence-electron chi connectivity index (χ0n) is 11.5. The molecule has 5 N–H and O–H groups in total. The van der Waals surface area contributed by atoms with Crippen LogP contribution in [-0.4, -0.2) is 49.0 Å². The maximum atomic E-state index is 12.1. The Morgan fingerprint density at radius 1 is 1.47 bits per heavy atom. The fourth-order valence-electron chi connectivity index (χ4n) is 1.55. The van der Waals surface area contributed by atoms with Crippen LogP contribution in [0.1, 0.15) is 17.3 Å². The van der Waals surface area contributed by atoms with E-state index in [1.54, 1.807) is 23.1 Å². The molecule has 0 bridgehead atoms. The van der Waals surface area contributed by atoms with Gasteiger partial charge in [-0.1, -0.05) is 0 Å². The number of nitrogen functional groups attached to an aromatic ring is 1. The van der Waals surface area contributed by atoms with E-state index < -0.39 is 12.2 Å². The Balaban J connectivity index is 2.90. The summed E-state index contributed by atoms with van der Waals surface area (Å²) < 4.78 is 0. The average Bonchev–Trinajstić information content (AvgIpc) is 2.35. The van der Waals surface area contributed by atoms with Crippen molar-refractivity contribution in [1.82, 2.24) is 5.32 Å². The highest BCUT2D eigenvalue weighted by Gasteiger charge is 2.21. The summed E-state index contributed by atoms with van der Waals surface area (Å²) in [6, 6.07) is 5.06. The van der Waals surface area contributed by atoms with Crippen LogP contribution in [0.3, 0.4) is 0 Å². The lowest BCUT2D eigenvalue weighted by molar-refractivity contribution is 0.00320. The summed E-state index contributed by atoms with van der Waals surface area (Å²) in [6.45, 7) is 0.980. The SMILES string of the molecule is CN(C)c1ccc(N)cc1C(=O)NCC(C)(O)CO. The van der Waals surface area contributed by atoms with Crippen molar-refractivity contribution in [2.24, 2.45) is 0 Å². The first-order valence-electron chi connectivity index (χ1n) is 5.95. The monoisotopic (exact) mass is 267 g/mol. The van der Waals surface area contributed by atoms with Gasteiger partial charge in [0.15, 0.2) is 0 Å². The van der Waals surface area contributed by atoms with Crippen LogP contribution in [0.15, 0.2) is 18.2 Å². The minimum Gasteiger partial charge on any atom is -0.399 e. The van der Waals surface area contributed by atoms with Gasteiger partial charge < -0.3 is 26.2 Å². The van der Waals surface area contributed by atoms with E-state index in [0.717, 1.165) is 5.69 Å². The molecule has 1 unspecified atom stereocenters. The lowest BCUT2D eigenvalue weighted by Gasteiger charge is -2.22. The van der Waals surface area contributed by atoms with Gasteiger partial charge in [-0.2, -0.15) is 0 Å². The number of nitrogens with zero attached hydrogens (tertiary/aromatic N) is 1. The first kappa shape index (κ1) is 15.3. The molecule has 0 spiro atoms. The van der Waals surface area contributed by atoms with Crippen LogP contribution in [-0.2, 0) is 0 Å². The Morgan fingerprint density at radius 3 is 2.63 bits per heavy atom. The number of amides is 1. The van der Waals surface area contributed by atoms with Gasteiger partial charge in [0.05, 0.1) is 12.2 Å². The molecule has 0 aromatic heterocycles. The van der Waals surface area contributed by atoms with E-state index >= 15 is 0 Å². The summed E-state index contributed by atoms with van der Waals surface area (Å²) in [5.74, 6) is -0.343. The number of hydrogen-bond donors (Lipinski definition) is 4. The van der Waals surface area contributed by atoms with Gasteiger partial charge in [-0.05, 0) is 25.1 Å². The standard InChI is InChI=1S/C13H21N3O3/c1-13(19,8-17)7-15-12(18)10-6-9(14)4-5-11(10)16(2)3/h4-6,17,19H,7-8,14H2,1-3H3,(H,15,18). The molecule has 0 saturated heterocycles. The third kappa shape index (κ3) is 4.11. The number of hydrogen-bond acceptors (Lipinski definition) is 5. The van der Waals surface area contributed by atoms with Crippen LogP contribution in [0.2, 0.25) is 0 Å². The van der Waals surface area contributed by atoms with E-state index in [0.29, 0.717) is 11.3 Å². The number of rotatable bonds is 5. The summed E-state index contributed by atoms with van der Waals surface area (Å²) in [5, 5.41) is 21.2. The van der Waals surface area contributed by atoms with Crippen LogP contribution in [0, 0.1) is 0 Å². The van der Waals surface area contributed by atoms with E-state index in [1.807, 2.05) is 14.1 Å². The van der Waals surface area contributed by atoms with Gasteiger partial charge in [0.25, 0.3) is 5.91 Å². The Hall–Kier alpha value is -1.79. The number of aliphatic hydroxyl groups is 2. The molecule has 0 saturated carbocycles. The van der Waals surface area contributed by atoms with Gasteiger partial charge in [0, 0.05) is 32.0 Å². The molecule has 1 atom stereocenters. The Labute approximate surface area is 112 Å². The van der Waals surface area contributed by atoms with E-state index in [9.17, 15) is 9.90 Å². The first-order chi connectivity index (χ1) is 8.76. The fourth-order valence-corrected chi connectivity index (χ4v) is 1.55. The first-order valence-corrected chi connectivity index (χ1v) is 5.95. The molecular formula is C13H21N3O3. The Kier molecular flexibility index (Phi) is 4.74. The lowest BCUT2D eigenvalue weighted by atomic mass is 10.1. The maximum Gasteiger partial charge on any atom is 0.253 e. The second-order valence-electron chi connectivity index (χ2n) is 5.01. The zero-order valence-corrected chi connectivity index (χ0v) is 11.5. The molecule has 1 amide bonds.